The Bertz CT molecular complexity index is 985. The normalized spacial score (nSPS) is 22.4. The molecule has 0 bridgehead atoms. The number of rotatable bonds is 7. The molecule has 1 aliphatic carbocycles. The molecule has 2 atom stereocenters. The fourth-order valence-electron chi connectivity index (χ4n) is 4.54. The highest BCUT2D eigenvalue weighted by atomic mass is 35.5. The van der Waals surface area contributed by atoms with Gasteiger partial charge >= 0.3 is 5.97 Å². The van der Waals surface area contributed by atoms with E-state index in [2.05, 4.69) is 11.2 Å². The van der Waals surface area contributed by atoms with Crippen molar-refractivity contribution in [1.82, 2.24) is 10.2 Å². The average molecular weight is 477 g/mol. The van der Waals surface area contributed by atoms with Gasteiger partial charge in [0.15, 0.2) is 0 Å². The molecule has 0 unspecified atom stereocenters. The van der Waals surface area contributed by atoms with Crippen LogP contribution < -0.4 is 5.32 Å². The summed E-state index contributed by atoms with van der Waals surface area (Å²) in [5.74, 6) is 0.760. The molecule has 32 heavy (non-hydrogen) atoms. The number of amides is 2. The quantitative estimate of drug-likeness (QED) is 0.474. The summed E-state index contributed by atoms with van der Waals surface area (Å²) in [6.45, 7) is 2.24. The maximum Gasteiger partial charge on any atom is 0.318 e. The number of ether oxygens (including phenoxy) is 1. The molecule has 0 radical (unpaired) electrons. The first-order valence-corrected chi connectivity index (χ1v) is 11.4. The van der Waals surface area contributed by atoms with E-state index in [0.717, 1.165) is 12.8 Å². The van der Waals surface area contributed by atoms with Crippen molar-refractivity contribution in [2.75, 3.05) is 13.2 Å². The molecular formula is C24H26Cl2N2O4. The topological polar surface area (TPSA) is 75.7 Å². The second-order valence-electron chi connectivity index (χ2n) is 8.03. The summed E-state index contributed by atoms with van der Waals surface area (Å²) < 4.78 is 5.44. The lowest BCUT2D eigenvalue weighted by Crippen LogP contribution is -2.54. The number of hydrogen-bond donors (Lipinski definition) is 1. The number of nitrogens with one attached hydrogen (secondary N) is 1. The molecule has 2 aliphatic rings. The molecule has 0 saturated carbocycles. The van der Waals surface area contributed by atoms with Crippen LogP contribution in [0, 0.1) is 23.7 Å². The van der Waals surface area contributed by atoms with Gasteiger partial charge in [0.05, 0.1) is 19.7 Å². The molecule has 1 fully saturated rings. The van der Waals surface area contributed by atoms with Gasteiger partial charge < -0.3 is 15.0 Å². The van der Waals surface area contributed by atoms with E-state index in [1.54, 1.807) is 30.0 Å². The molecule has 6 nitrogen and oxygen atoms in total. The van der Waals surface area contributed by atoms with Crippen molar-refractivity contribution < 1.29 is 19.1 Å². The van der Waals surface area contributed by atoms with E-state index < -0.39 is 11.3 Å². The van der Waals surface area contributed by atoms with E-state index in [9.17, 15) is 14.4 Å². The average Bonchev–Trinajstić information content (AvgIpc) is 2.76. The van der Waals surface area contributed by atoms with Gasteiger partial charge in [-0.05, 0) is 50.3 Å². The van der Waals surface area contributed by atoms with E-state index >= 15 is 0 Å². The molecule has 1 aromatic rings. The summed E-state index contributed by atoms with van der Waals surface area (Å²) in [4.78, 5) is 40.7. The number of benzene rings is 1. The molecular weight excluding hydrogens is 451 g/mol. The molecule has 1 aromatic carbocycles. The van der Waals surface area contributed by atoms with Gasteiger partial charge in [0, 0.05) is 28.1 Å². The Morgan fingerprint density at radius 2 is 2.16 bits per heavy atom. The lowest BCUT2D eigenvalue weighted by molar-refractivity contribution is -0.162. The number of nitrogens with zero attached hydrogens (tertiary/aromatic N) is 1. The zero-order valence-corrected chi connectivity index (χ0v) is 19.5. The molecule has 2 amide bonds. The predicted octanol–water partition coefficient (Wildman–Crippen LogP) is 4.10. The van der Waals surface area contributed by atoms with Crippen molar-refractivity contribution >= 4 is 41.0 Å². The fraction of sp³-hybridized carbons (Fsp3) is 0.458. The highest BCUT2D eigenvalue weighted by Gasteiger charge is 2.54. The number of carbonyl (C=O) groups excluding carboxylic acids is 3. The number of carbonyl (C=O) groups is 3. The minimum atomic E-state index is -0.974. The van der Waals surface area contributed by atoms with E-state index in [1.165, 1.54) is 0 Å². The van der Waals surface area contributed by atoms with Crippen LogP contribution in [0.2, 0.25) is 10.0 Å². The molecule has 1 N–H and O–H groups in total. The van der Waals surface area contributed by atoms with Crippen molar-refractivity contribution in [2.24, 2.45) is 11.3 Å². The Kier molecular flexibility index (Phi) is 7.86. The van der Waals surface area contributed by atoms with Crippen LogP contribution in [0.1, 0.15) is 44.6 Å². The van der Waals surface area contributed by atoms with Gasteiger partial charge in [-0.25, -0.2) is 0 Å². The van der Waals surface area contributed by atoms with Crippen LogP contribution in [-0.2, 0) is 25.7 Å². The Morgan fingerprint density at radius 3 is 2.84 bits per heavy atom. The zero-order chi connectivity index (χ0) is 23.3. The molecule has 1 saturated heterocycles. The summed E-state index contributed by atoms with van der Waals surface area (Å²) in [6.07, 6.45) is 9.43. The van der Waals surface area contributed by atoms with Crippen molar-refractivity contribution in [3.63, 3.8) is 0 Å². The van der Waals surface area contributed by atoms with E-state index in [4.69, 9.17) is 34.4 Å². The zero-order valence-electron chi connectivity index (χ0n) is 18.0. The van der Waals surface area contributed by atoms with Crippen LogP contribution in [0.15, 0.2) is 30.0 Å². The maximum absolute atomic E-state index is 13.5. The SMILES string of the molecule is C#CCNC(=O)C[C@@H]1C[C@@]2(C(=O)OCC)CCCC=C2N(Cc2ccc(Cl)cc2Cl)C1=O. The van der Waals surface area contributed by atoms with Crippen LogP contribution in [0.5, 0.6) is 0 Å². The first kappa shape index (κ1) is 24.2. The van der Waals surface area contributed by atoms with Crippen molar-refractivity contribution in [3.8, 4) is 12.3 Å². The van der Waals surface area contributed by atoms with E-state index in [0.29, 0.717) is 27.7 Å². The van der Waals surface area contributed by atoms with Gasteiger partial charge in [-0.15, -0.1) is 6.42 Å². The maximum atomic E-state index is 13.5. The molecule has 170 valence electrons. The Balaban J connectivity index is 2.00. The second-order valence-corrected chi connectivity index (χ2v) is 8.87. The third kappa shape index (κ3) is 4.95. The van der Waals surface area contributed by atoms with Gasteiger partial charge in [-0.2, -0.15) is 0 Å². The van der Waals surface area contributed by atoms with Crippen LogP contribution in [0.4, 0.5) is 0 Å². The molecule has 8 heteroatoms. The number of hydrogen-bond acceptors (Lipinski definition) is 4. The third-order valence-electron chi connectivity index (χ3n) is 5.97. The summed E-state index contributed by atoms with van der Waals surface area (Å²) in [5, 5.41) is 3.53. The molecule has 0 spiro atoms. The minimum absolute atomic E-state index is 0.0558. The van der Waals surface area contributed by atoms with Crippen molar-refractivity contribution in [3.05, 3.63) is 45.6 Å². The predicted molar refractivity (Wildman–Crippen MR) is 123 cm³/mol. The van der Waals surface area contributed by atoms with Gasteiger partial charge in [-0.1, -0.05) is 41.3 Å². The summed E-state index contributed by atoms with van der Waals surface area (Å²) in [5.41, 5.74) is 0.364. The number of fused-ring (bicyclic) bond motifs is 1. The number of esters is 1. The Hall–Kier alpha value is -2.49. The van der Waals surface area contributed by atoms with Crippen LogP contribution in [0.25, 0.3) is 0 Å². The summed E-state index contributed by atoms with van der Waals surface area (Å²) in [6, 6.07) is 5.08. The van der Waals surface area contributed by atoms with Gasteiger partial charge in [0.2, 0.25) is 11.8 Å². The second kappa shape index (κ2) is 10.4. The lowest BCUT2D eigenvalue weighted by Gasteiger charge is -2.48. The molecule has 3 rings (SSSR count). The number of halogens is 2. The minimum Gasteiger partial charge on any atom is -0.465 e. The molecule has 1 aliphatic heterocycles. The Labute approximate surface area is 198 Å². The number of likely N-dealkylation sites (tertiary alicyclic amines) is 1. The van der Waals surface area contributed by atoms with Gasteiger partial charge in [-0.3, -0.25) is 14.4 Å². The Morgan fingerprint density at radius 1 is 1.38 bits per heavy atom. The first-order chi connectivity index (χ1) is 15.3. The van der Waals surface area contributed by atoms with Crippen LogP contribution in [-0.4, -0.2) is 35.8 Å². The monoisotopic (exact) mass is 476 g/mol. The smallest absolute Gasteiger partial charge is 0.318 e. The van der Waals surface area contributed by atoms with Gasteiger partial charge in [0.1, 0.15) is 5.41 Å². The largest absolute Gasteiger partial charge is 0.465 e. The van der Waals surface area contributed by atoms with Crippen LogP contribution >= 0.6 is 23.2 Å². The molecule has 0 aromatic heterocycles. The van der Waals surface area contributed by atoms with Crippen molar-refractivity contribution in [1.29, 1.82) is 0 Å². The third-order valence-corrected chi connectivity index (χ3v) is 6.55. The van der Waals surface area contributed by atoms with Gasteiger partial charge in [0.25, 0.3) is 0 Å². The highest BCUT2D eigenvalue weighted by molar-refractivity contribution is 6.35. The fourth-order valence-corrected chi connectivity index (χ4v) is 5.00. The summed E-state index contributed by atoms with van der Waals surface area (Å²) >= 11 is 12.4. The number of terminal acetylenes is 1. The van der Waals surface area contributed by atoms with Crippen LogP contribution in [0.3, 0.4) is 0 Å². The lowest BCUT2D eigenvalue weighted by atomic mass is 9.66. The standard InChI is InChI=1S/C24H26Cl2N2O4/c1-3-11-27-21(29)12-17-14-24(23(31)32-4-2)10-6-5-7-20(24)28(22(17)30)15-16-8-9-18(25)13-19(16)26/h1,7-9,13,17H,4-6,10-12,14-15H2,2H3,(H,27,29)/t17-,24+/m1/s1. The van der Waals surface area contributed by atoms with E-state index in [-0.39, 0.29) is 50.3 Å². The first-order valence-electron chi connectivity index (χ1n) is 10.7. The molecule has 1 heterocycles. The number of piperidine rings is 1. The summed E-state index contributed by atoms with van der Waals surface area (Å²) in [7, 11) is 0. The van der Waals surface area contributed by atoms with E-state index in [1.807, 2.05) is 6.08 Å². The number of allylic oxidation sites excluding steroid dienone is 1. The van der Waals surface area contributed by atoms with Crippen molar-refractivity contribution in [2.45, 2.75) is 45.6 Å². The highest BCUT2D eigenvalue weighted by Crippen LogP contribution is 2.50.